The van der Waals surface area contributed by atoms with E-state index in [1.807, 2.05) is 13.0 Å². The molecule has 3 atom stereocenters. The summed E-state index contributed by atoms with van der Waals surface area (Å²) in [5, 5.41) is 9.77. The summed E-state index contributed by atoms with van der Waals surface area (Å²) in [6.07, 6.45) is 7.88. The molecule has 1 nitrogen and oxygen atoms in total. The number of rotatable bonds is 0. The quantitative estimate of drug-likeness (QED) is 0.505. The van der Waals surface area contributed by atoms with E-state index in [2.05, 4.69) is 6.08 Å². The van der Waals surface area contributed by atoms with Gasteiger partial charge in [-0.25, -0.2) is 0 Å². The van der Waals surface area contributed by atoms with E-state index in [0.717, 1.165) is 5.92 Å². The summed E-state index contributed by atoms with van der Waals surface area (Å²) in [5.74, 6) is 1.33. The van der Waals surface area contributed by atoms with Gasteiger partial charge in [-0.05, 0) is 38.0 Å². The molecule has 0 heterocycles. The van der Waals surface area contributed by atoms with Crippen molar-refractivity contribution in [1.29, 1.82) is 0 Å². The fourth-order valence-corrected chi connectivity index (χ4v) is 2.19. The molecule has 0 aromatic rings. The summed E-state index contributed by atoms with van der Waals surface area (Å²) in [5.41, 5.74) is -0.493. The maximum atomic E-state index is 9.77. The SMILES string of the molecule is C[C@@]1(O)C=C[C@@H]2CC[C@@H]1C2. The van der Waals surface area contributed by atoms with Crippen LogP contribution in [0.25, 0.3) is 0 Å². The summed E-state index contributed by atoms with van der Waals surface area (Å²) in [4.78, 5) is 0. The lowest BCUT2D eigenvalue weighted by Crippen LogP contribution is -2.32. The zero-order valence-electron chi connectivity index (χ0n) is 6.38. The van der Waals surface area contributed by atoms with Crippen molar-refractivity contribution in [2.75, 3.05) is 0 Å². The van der Waals surface area contributed by atoms with E-state index in [4.69, 9.17) is 0 Å². The molecule has 10 heavy (non-hydrogen) atoms. The fraction of sp³-hybridized carbons (Fsp3) is 0.778. The molecule has 0 aromatic heterocycles. The van der Waals surface area contributed by atoms with Gasteiger partial charge in [0, 0.05) is 0 Å². The predicted octanol–water partition coefficient (Wildman–Crippen LogP) is 1.72. The van der Waals surface area contributed by atoms with E-state index in [1.165, 1.54) is 19.3 Å². The molecule has 0 spiro atoms. The summed E-state index contributed by atoms with van der Waals surface area (Å²) < 4.78 is 0. The Balaban J connectivity index is 2.27. The predicted molar refractivity (Wildman–Crippen MR) is 40.6 cm³/mol. The standard InChI is InChI=1S/C9H14O/c1-9(10)5-4-7-2-3-8(9)6-7/h4-5,7-8,10H,2-3,6H2,1H3/t7-,8+,9+/m0/s1. The molecule has 2 bridgehead atoms. The van der Waals surface area contributed by atoms with E-state index in [-0.39, 0.29) is 0 Å². The highest BCUT2D eigenvalue weighted by atomic mass is 16.3. The van der Waals surface area contributed by atoms with Gasteiger partial charge in [0.2, 0.25) is 0 Å². The summed E-state index contributed by atoms with van der Waals surface area (Å²) in [7, 11) is 0. The average molecular weight is 138 g/mol. The molecule has 2 aliphatic carbocycles. The Kier molecular flexibility index (Phi) is 1.19. The topological polar surface area (TPSA) is 20.2 Å². The number of fused-ring (bicyclic) bond motifs is 2. The van der Waals surface area contributed by atoms with Gasteiger partial charge in [-0.15, -0.1) is 0 Å². The zero-order chi connectivity index (χ0) is 7.19. The lowest BCUT2D eigenvalue weighted by molar-refractivity contribution is 0.0434. The highest BCUT2D eigenvalue weighted by Gasteiger charge is 2.38. The van der Waals surface area contributed by atoms with Gasteiger partial charge in [0.25, 0.3) is 0 Å². The van der Waals surface area contributed by atoms with Gasteiger partial charge in [-0.2, -0.15) is 0 Å². The minimum Gasteiger partial charge on any atom is -0.386 e. The van der Waals surface area contributed by atoms with Crippen molar-refractivity contribution in [1.82, 2.24) is 0 Å². The maximum absolute atomic E-state index is 9.77. The molecule has 0 aliphatic heterocycles. The number of allylic oxidation sites excluding steroid dienone is 1. The van der Waals surface area contributed by atoms with Gasteiger partial charge in [-0.1, -0.05) is 12.2 Å². The molecule has 0 radical (unpaired) electrons. The fourth-order valence-electron chi connectivity index (χ4n) is 2.19. The minimum atomic E-state index is -0.493. The van der Waals surface area contributed by atoms with Gasteiger partial charge in [-0.3, -0.25) is 0 Å². The van der Waals surface area contributed by atoms with Gasteiger partial charge >= 0.3 is 0 Å². The van der Waals surface area contributed by atoms with Gasteiger partial charge in [0.1, 0.15) is 0 Å². The minimum absolute atomic E-state index is 0.493. The molecule has 1 saturated carbocycles. The Labute approximate surface area is 61.8 Å². The monoisotopic (exact) mass is 138 g/mol. The normalized spacial score (nSPS) is 51.8. The van der Waals surface area contributed by atoms with Crippen molar-refractivity contribution in [3.63, 3.8) is 0 Å². The second kappa shape index (κ2) is 1.85. The van der Waals surface area contributed by atoms with Crippen LogP contribution in [-0.4, -0.2) is 10.7 Å². The highest BCUT2D eigenvalue weighted by Crippen LogP contribution is 2.42. The van der Waals surface area contributed by atoms with Crippen molar-refractivity contribution in [2.45, 2.75) is 31.8 Å². The van der Waals surface area contributed by atoms with E-state index in [9.17, 15) is 5.11 Å². The Hall–Kier alpha value is -0.300. The first-order valence-electron chi connectivity index (χ1n) is 4.10. The molecule has 0 aromatic carbocycles. The lowest BCUT2D eigenvalue weighted by atomic mass is 9.83. The van der Waals surface area contributed by atoms with E-state index < -0.39 is 5.60 Å². The molecule has 1 N–H and O–H groups in total. The van der Waals surface area contributed by atoms with Crippen LogP contribution in [0.15, 0.2) is 12.2 Å². The summed E-state index contributed by atoms with van der Waals surface area (Å²) >= 11 is 0. The molecule has 0 unspecified atom stereocenters. The van der Waals surface area contributed by atoms with Crippen molar-refractivity contribution in [3.8, 4) is 0 Å². The Morgan fingerprint density at radius 2 is 2.30 bits per heavy atom. The number of hydrogen-bond donors (Lipinski definition) is 1. The summed E-state index contributed by atoms with van der Waals surface area (Å²) in [6.45, 7) is 1.93. The molecule has 56 valence electrons. The van der Waals surface area contributed by atoms with Gasteiger partial charge in [0.15, 0.2) is 0 Å². The number of aliphatic hydroxyl groups is 1. The van der Waals surface area contributed by atoms with E-state index in [1.54, 1.807) is 0 Å². The van der Waals surface area contributed by atoms with Gasteiger partial charge in [0.05, 0.1) is 5.60 Å². The van der Waals surface area contributed by atoms with Crippen molar-refractivity contribution >= 4 is 0 Å². The maximum Gasteiger partial charge on any atom is 0.0827 e. The molecule has 1 heteroatoms. The second-order valence-electron chi connectivity index (χ2n) is 3.85. The van der Waals surface area contributed by atoms with Crippen LogP contribution in [0.3, 0.4) is 0 Å². The van der Waals surface area contributed by atoms with Crippen LogP contribution in [-0.2, 0) is 0 Å². The first kappa shape index (κ1) is 6.41. The molecular formula is C9H14O. The summed E-state index contributed by atoms with van der Waals surface area (Å²) in [6, 6.07) is 0. The molecule has 2 aliphatic rings. The van der Waals surface area contributed by atoms with Crippen molar-refractivity contribution in [2.24, 2.45) is 11.8 Å². The Morgan fingerprint density at radius 3 is 3.00 bits per heavy atom. The zero-order valence-corrected chi connectivity index (χ0v) is 6.38. The first-order chi connectivity index (χ1) is 4.68. The van der Waals surface area contributed by atoms with Crippen LogP contribution < -0.4 is 0 Å². The van der Waals surface area contributed by atoms with Crippen LogP contribution in [0.1, 0.15) is 26.2 Å². The average Bonchev–Trinajstić information content (AvgIpc) is 2.26. The van der Waals surface area contributed by atoms with Gasteiger partial charge < -0.3 is 5.11 Å². The van der Waals surface area contributed by atoms with E-state index >= 15 is 0 Å². The van der Waals surface area contributed by atoms with Crippen LogP contribution in [0.2, 0.25) is 0 Å². The third-order valence-corrected chi connectivity index (χ3v) is 3.01. The number of hydrogen-bond acceptors (Lipinski definition) is 1. The largest absolute Gasteiger partial charge is 0.386 e. The van der Waals surface area contributed by atoms with Crippen LogP contribution in [0.5, 0.6) is 0 Å². The van der Waals surface area contributed by atoms with Crippen LogP contribution in [0.4, 0.5) is 0 Å². The molecule has 0 amide bonds. The first-order valence-corrected chi connectivity index (χ1v) is 4.10. The van der Waals surface area contributed by atoms with Crippen molar-refractivity contribution < 1.29 is 5.11 Å². The van der Waals surface area contributed by atoms with Crippen LogP contribution >= 0.6 is 0 Å². The lowest BCUT2D eigenvalue weighted by Gasteiger charge is -2.29. The third-order valence-electron chi connectivity index (χ3n) is 3.01. The molecular weight excluding hydrogens is 124 g/mol. The van der Waals surface area contributed by atoms with Crippen LogP contribution in [0, 0.1) is 11.8 Å². The molecule has 2 rings (SSSR count). The molecule has 1 fully saturated rings. The highest BCUT2D eigenvalue weighted by molar-refractivity contribution is 5.12. The van der Waals surface area contributed by atoms with E-state index in [0.29, 0.717) is 5.92 Å². The van der Waals surface area contributed by atoms with Crippen molar-refractivity contribution in [3.05, 3.63) is 12.2 Å². The second-order valence-corrected chi connectivity index (χ2v) is 3.85. The molecule has 0 saturated heterocycles. The Morgan fingerprint density at radius 1 is 1.50 bits per heavy atom. The Bertz CT molecular complexity index is 170. The third kappa shape index (κ3) is 0.807. The smallest absolute Gasteiger partial charge is 0.0827 e.